The quantitative estimate of drug-likeness (QED) is 0.672. The number of nitrogens with two attached hydrogens (primary N) is 1. The number of aromatic nitrogens is 2. The highest BCUT2D eigenvalue weighted by molar-refractivity contribution is 5.97. The number of benzene rings is 1. The molecule has 0 spiro atoms. The lowest BCUT2D eigenvalue weighted by molar-refractivity contribution is 0.0577. The van der Waals surface area contributed by atoms with Crippen molar-refractivity contribution in [2.45, 2.75) is 44.7 Å². The second kappa shape index (κ2) is 8.89. The summed E-state index contributed by atoms with van der Waals surface area (Å²) in [6.07, 6.45) is 2.20. The molecule has 0 saturated carbocycles. The van der Waals surface area contributed by atoms with E-state index in [1.165, 1.54) is 0 Å². The fourth-order valence-electron chi connectivity index (χ4n) is 3.09. The summed E-state index contributed by atoms with van der Waals surface area (Å²) >= 11 is 0. The normalized spacial score (nSPS) is 19.7. The van der Waals surface area contributed by atoms with E-state index in [1.807, 2.05) is 0 Å². The van der Waals surface area contributed by atoms with Crippen molar-refractivity contribution in [2.24, 2.45) is 5.73 Å². The van der Waals surface area contributed by atoms with Crippen LogP contribution in [0.25, 0.3) is 11.1 Å². The van der Waals surface area contributed by atoms with Crippen LogP contribution in [-0.2, 0) is 6.54 Å². The van der Waals surface area contributed by atoms with Crippen LogP contribution in [0.5, 0.6) is 5.75 Å². The first-order chi connectivity index (χ1) is 12.7. The predicted molar refractivity (Wildman–Crippen MR) is 107 cm³/mol. The van der Waals surface area contributed by atoms with Gasteiger partial charge in [0.2, 0.25) is 0 Å². The summed E-state index contributed by atoms with van der Waals surface area (Å²) in [4.78, 5) is 11.9. The van der Waals surface area contributed by atoms with Gasteiger partial charge in [-0.2, -0.15) is 5.10 Å². The number of alkyl halides is 1. The van der Waals surface area contributed by atoms with Gasteiger partial charge in [0.25, 0.3) is 5.91 Å². The summed E-state index contributed by atoms with van der Waals surface area (Å²) in [5, 5.41) is 17.1. The van der Waals surface area contributed by atoms with Crippen molar-refractivity contribution >= 4 is 18.3 Å². The number of hydrogen-bond donors (Lipinski definition) is 3. The summed E-state index contributed by atoms with van der Waals surface area (Å²) in [5.41, 5.74) is 6.33. The smallest absolute Gasteiger partial charge is 0.252 e. The molecule has 9 heteroatoms. The highest BCUT2D eigenvalue weighted by atomic mass is 35.5. The topological polar surface area (TPSA) is 102 Å². The number of primary amides is 1. The molecule has 2 atom stereocenters. The van der Waals surface area contributed by atoms with E-state index in [4.69, 9.17) is 10.5 Å². The molecular formula is C19H26ClFN4O3. The molecule has 1 aromatic heterocycles. The zero-order chi connectivity index (χ0) is 19.6. The fourth-order valence-corrected chi connectivity index (χ4v) is 3.09. The molecule has 154 valence electrons. The molecule has 0 unspecified atom stereocenters. The number of piperidine rings is 1. The first-order valence-corrected chi connectivity index (χ1v) is 8.93. The van der Waals surface area contributed by atoms with Gasteiger partial charge in [-0.05, 0) is 44.5 Å². The monoisotopic (exact) mass is 412 g/mol. The minimum atomic E-state index is -1.14. The third kappa shape index (κ3) is 5.43. The molecule has 2 aromatic rings. The van der Waals surface area contributed by atoms with Crippen molar-refractivity contribution in [1.29, 1.82) is 0 Å². The largest absolute Gasteiger partial charge is 0.486 e. The molecule has 7 nitrogen and oxygen atoms in total. The van der Waals surface area contributed by atoms with Crippen LogP contribution in [-0.4, -0.2) is 51.8 Å². The second-order valence-corrected chi connectivity index (χ2v) is 7.48. The Hall–Kier alpha value is -2.16. The van der Waals surface area contributed by atoms with Crippen LogP contribution >= 0.6 is 12.4 Å². The first kappa shape index (κ1) is 22.1. The van der Waals surface area contributed by atoms with Gasteiger partial charge in [0, 0.05) is 18.3 Å². The maximum atomic E-state index is 14.0. The Morgan fingerprint density at radius 3 is 2.86 bits per heavy atom. The van der Waals surface area contributed by atoms with Crippen molar-refractivity contribution in [3.63, 3.8) is 0 Å². The number of rotatable bonds is 6. The number of hydrogen-bond acceptors (Lipinski definition) is 5. The lowest BCUT2D eigenvalue weighted by atomic mass is 10.0. The van der Waals surface area contributed by atoms with Gasteiger partial charge >= 0.3 is 0 Å². The van der Waals surface area contributed by atoms with Crippen LogP contribution in [0.15, 0.2) is 30.6 Å². The summed E-state index contributed by atoms with van der Waals surface area (Å²) < 4.78 is 21.4. The summed E-state index contributed by atoms with van der Waals surface area (Å²) in [6.45, 7) is 4.63. The molecule has 1 aliphatic heterocycles. The van der Waals surface area contributed by atoms with Crippen molar-refractivity contribution in [3.05, 3.63) is 36.2 Å². The van der Waals surface area contributed by atoms with Crippen molar-refractivity contribution in [2.75, 3.05) is 13.1 Å². The summed E-state index contributed by atoms with van der Waals surface area (Å²) in [5.74, 6) is -0.357. The highest BCUT2D eigenvalue weighted by Gasteiger charge is 2.27. The SMILES string of the molecule is CC(C)(O)Cn1cc(-c2ccc(O[C@@H]3CCNC[C@@H]3F)c(C(N)=O)c2)cn1.Cl. The van der Waals surface area contributed by atoms with E-state index in [2.05, 4.69) is 10.4 Å². The molecule has 4 N–H and O–H groups in total. The minimum absolute atomic E-state index is 0. The van der Waals surface area contributed by atoms with Crippen LogP contribution in [0.2, 0.25) is 0 Å². The average molecular weight is 413 g/mol. The predicted octanol–water partition coefficient (Wildman–Crippen LogP) is 1.92. The molecule has 2 heterocycles. The lowest BCUT2D eigenvalue weighted by Crippen LogP contribution is -2.44. The van der Waals surface area contributed by atoms with E-state index in [0.29, 0.717) is 19.5 Å². The number of carbonyl (C=O) groups excluding carboxylic acids is 1. The lowest BCUT2D eigenvalue weighted by Gasteiger charge is -2.28. The Bertz CT molecular complexity index is 822. The average Bonchev–Trinajstić information content (AvgIpc) is 3.03. The number of aliphatic hydroxyl groups is 1. The van der Waals surface area contributed by atoms with Crippen LogP contribution in [0.1, 0.15) is 30.6 Å². The Labute approximate surface area is 169 Å². The van der Waals surface area contributed by atoms with Gasteiger partial charge in [0.1, 0.15) is 18.0 Å². The maximum Gasteiger partial charge on any atom is 0.252 e. The second-order valence-electron chi connectivity index (χ2n) is 7.48. The third-order valence-corrected chi connectivity index (χ3v) is 4.39. The molecule has 1 aromatic carbocycles. The minimum Gasteiger partial charge on any atom is -0.486 e. The van der Waals surface area contributed by atoms with Crippen molar-refractivity contribution < 1.29 is 19.0 Å². The molecule has 3 rings (SSSR count). The highest BCUT2D eigenvalue weighted by Crippen LogP contribution is 2.29. The van der Waals surface area contributed by atoms with Crippen LogP contribution < -0.4 is 15.8 Å². The molecule has 0 bridgehead atoms. The molecule has 1 fully saturated rings. The number of nitrogens with one attached hydrogen (secondary N) is 1. The Morgan fingerprint density at radius 1 is 1.46 bits per heavy atom. The van der Waals surface area contributed by atoms with E-state index in [1.54, 1.807) is 49.1 Å². The Kier molecular flexibility index (Phi) is 7.03. The standard InChI is InChI=1S/C19H25FN4O3.ClH/c1-19(2,26)11-24-10-13(8-23-24)12-3-4-16(14(7-12)18(21)25)27-17-5-6-22-9-15(17)20;/h3-4,7-8,10,15,17,22,26H,5-6,9,11H2,1-2H3,(H2,21,25);1H/t15-,17+;/m0./s1. The number of ether oxygens (including phenoxy) is 1. The number of halogens is 2. The van der Waals surface area contributed by atoms with E-state index in [-0.39, 0.29) is 30.3 Å². The molecule has 0 radical (unpaired) electrons. The Balaban J connectivity index is 0.00000280. The van der Waals surface area contributed by atoms with Crippen molar-refractivity contribution in [1.82, 2.24) is 15.1 Å². The van der Waals surface area contributed by atoms with E-state index >= 15 is 0 Å². The molecule has 0 aliphatic carbocycles. The third-order valence-electron chi connectivity index (χ3n) is 4.39. The molecule has 1 saturated heterocycles. The Morgan fingerprint density at radius 2 is 2.21 bits per heavy atom. The van der Waals surface area contributed by atoms with Gasteiger partial charge in [0.15, 0.2) is 0 Å². The van der Waals surface area contributed by atoms with Crippen LogP contribution in [0.4, 0.5) is 4.39 Å². The van der Waals surface area contributed by atoms with E-state index in [0.717, 1.165) is 11.1 Å². The number of nitrogens with zero attached hydrogens (tertiary/aromatic N) is 2. The zero-order valence-corrected chi connectivity index (χ0v) is 16.7. The van der Waals surface area contributed by atoms with Gasteiger partial charge in [-0.3, -0.25) is 9.48 Å². The maximum absolute atomic E-state index is 14.0. The van der Waals surface area contributed by atoms with Gasteiger partial charge in [-0.15, -0.1) is 12.4 Å². The van der Waals surface area contributed by atoms with Crippen LogP contribution in [0, 0.1) is 0 Å². The van der Waals surface area contributed by atoms with Crippen LogP contribution in [0.3, 0.4) is 0 Å². The van der Waals surface area contributed by atoms with E-state index < -0.39 is 23.8 Å². The summed E-state index contributed by atoms with van der Waals surface area (Å²) in [6, 6.07) is 5.04. The fraction of sp³-hybridized carbons (Fsp3) is 0.474. The zero-order valence-electron chi connectivity index (χ0n) is 15.9. The molecular weight excluding hydrogens is 387 g/mol. The van der Waals surface area contributed by atoms with Gasteiger partial charge in [-0.1, -0.05) is 6.07 Å². The van der Waals surface area contributed by atoms with Gasteiger partial charge < -0.3 is 20.9 Å². The summed E-state index contributed by atoms with van der Waals surface area (Å²) in [7, 11) is 0. The first-order valence-electron chi connectivity index (χ1n) is 8.93. The van der Waals surface area contributed by atoms with E-state index in [9.17, 15) is 14.3 Å². The van der Waals surface area contributed by atoms with Crippen molar-refractivity contribution in [3.8, 4) is 16.9 Å². The number of amides is 1. The number of carbonyl (C=O) groups is 1. The van der Waals surface area contributed by atoms with Gasteiger partial charge in [-0.25, -0.2) is 4.39 Å². The molecule has 1 aliphatic rings. The molecule has 28 heavy (non-hydrogen) atoms. The van der Waals surface area contributed by atoms with Gasteiger partial charge in [0.05, 0.1) is 23.9 Å². The molecule has 1 amide bonds.